The van der Waals surface area contributed by atoms with Gasteiger partial charge < -0.3 is 5.11 Å². The molecule has 30 heavy (non-hydrogen) atoms. The maximum absolute atomic E-state index is 12.2. The summed E-state index contributed by atoms with van der Waals surface area (Å²) in [5, 5.41) is 13.5. The number of carboxylic acid groups (broad SMARTS) is 1. The monoisotopic (exact) mass is 490 g/mol. The van der Waals surface area contributed by atoms with Crippen LogP contribution in [-0.4, -0.2) is 50.1 Å². The summed E-state index contributed by atoms with van der Waals surface area (Å²) in [6.07, 6.45) is 1.90. The number of rotatable bonds is 2. The minimum absolute atomic E-state index is 0.201. The van der Waals surface area contributed by atoms with Gasteiger partial charge in [0.1, 0.15) is 0 Å². The van der Waals surface area contributed by atoms with E-state index in [9.17, 15) is 4.79 Å². The summed E-state index contributed by atoms with van der Waals surface area (Å²) in [5.41, 5.74) is 1.94. The zero-order valence-corrected chi connectivity index (χ0v) is 20.8. The molecule has 0 atom stereocenters. The van der Waals surface area contributed by atoms with Crippen molar-refractivity contribution >= 4 is 98.0 Å². The molecule has 0 fully saturated rings. The van der Waals surface area contributed by atoms with E-state index in [2.05, 4.69) is 62.6 Å². The molecule has 1 heterocycles. The summed E-state index contributed by atoms with van der Waals surface area (Å²) in [4.78, 5) is 26.0. The number of aliphatic carboxylic acids is 1. The van der Waals surface area contributed by atoms with Crippen molar-refractivity contribution in [2.45, 2.75) is 6.92 Å². The molecule has 1 aliphatic heterocycles. The predicted octanol–water partition coefficient (Wildman–Crippen LogP) is 4.57. The topological polar surface area (TPSA) is 78.8 Å². The second kappa shape index (κ2) is 10.4. The molecule has 1 aliphatic rings. The number of anilines is 1. The molecular weight excluding hydrogens is 475 g/mol. The Balaban J connectivity index is 0.000000589. The average molecular weight is 491 g/mol. The molecule has 0 aliphatic carbocycles. The molecule has 0 bridgehead atoms. The SMILES string of the molecule is CC(=O)O.O=C1N=C(Nc2cc[c]([Na])cc2)S/C1=C\c1ccc2cc(Br)ccc2c1. The molecule has 5 nitrogen and oxygen atoms in total. The predicted molar refractivity (Wildman–Crippen MR) is 128 cm³/mol. The zero-order valence-electron chi connectivity index (χ0n) is 16.3. The van der Waals surface area contributed by atoms with Gasteiger partial charge in [-0.05, 0) is 17.5 Å². The van der Waals surface area contributed by atoms with Gasteiger partial charge >= 0.3 is 139 Å². The number of hydrogen-bond donors (Lipinski definition) is 2. The first kappa shape index (κ1) is 22.8. The number of carboxylic acids is 1. The van der Waals surface area contributed by atoms with Gasteiger partial charge in [-0.25, -0.2) is 0 Å². The number of halogens is 1. The third-order valence-corrected chi connectivity index (χ3v) is 6.11. The molecule has 3 aromatic rings. The van der Waals surface area contributed by atoms with Crippen molar-refractivity contribution in [1.82, 2.24) is 0 Å². The number of amides is 1. The van der Waals surface area contributed by atoms with Crippen molar-refractivity contribution in [3.05, 3.63) is 75.6 Å². The second-order valence-corrected chi connectivity index (χ2v) is 9.69. The molecule has 0 unspecified atom stereocenters. The Bertz CT molecular complexity index is 1170. The van der Waals surface area contributed by atoms with Crippen molar-refractivity contribution in [3.8, 4) is 0 Å². The first-order valence-electron chi connectivity index (χ1n) is 9.05. The standard InChI is InChI=1S/C20H12BrN2OS.C2H4O2.Na/c21-16-9-8-14-10-13(6-7-15(14)12-16)11-18-19(24)23-20(25-18)22-17-4-2-1-3-5-17;1-2(3)4;/h2-12H,(H,22,23,24);1H3,(H,3,4);/b18-11-;;. The third-order valence-electron chi connectivity index (χ3n) is 4.05. The van der Waals surface area contributed by atoms with Crippen molar-refractivity contribution in [2.75, 3.05) is 5.32 Å². The Kier molecular flexibility index (Phi) is 7.91. The summed E-state index contributed by atoms with van der Waals surface area (Å²) in [6.45, 7) is 1.08. The molecule has 146 valence electrons. The van der Waals surface area contributed by atoms with Crippen LogP contribution >= 0.6 is 27.7 Å². The van der Waals surface area contributed by atoms with Crippen molar-refractivity contribution in [3.63, 3.8) is 0 Å². The Morgan fingerprint density at radius 3 is 2.43 bits per heavy atom. The van der Waals surface area contributed by atoms with Crippen LogP contribution in [0.25, 0.3) is 16.8 Å². The summed E-state index contributed by atoms with van der Waals surface area (Å²) >= 11 is 5.89. The number of carbonyl (C=O) groups excluding carboxylic acids is 1. The van der Waals surface area contributed by atoms with Crippen LogP contribution in [0.1, 0.15) is 12.5 Å². The number of amidine groups is 1. The fourth-order valence-corrected chi connectivity index (χ4v) is 4.25. The quantitative estimate of drug-likeness (QED) is 0.406. The van der Waals surface area contributed by atoms with Crippen LogP contribution in [0.3, 0.4) is 0 Å². The number of carbonyl (C=O) groups is 2. The molecule has 8 heteroatoms. The average Bonchev–Trinajstić information content (AvgIpc) is 3.02. The second-order valence-electron chi connectivity index (χ2n) is 6.59. The number of nitrogens with zero attached hydrogens (tertiary/aromatic N) is 1. The maximum atomic E-state index is 12.2. The molecule has 0 aromatic heterocycles. The molecule has 4 rings (SSSR count). The molecule has 0 spiro atoms. The Labute approximate surface area is 204 Å². The number of hydrogen-bond acceptors (Lipinski definition) is 4. The number of aliphatic imine (C=N–C) groups is 1. The van der Waals surface area contributed by atoms with E-state index in [4.69, 9.17) is 9.90 Å². The first-order chi connectivity index (χ1) is 14.3. The molecule has 1 amide bonds. The molecule has 0 radical (unpaired) electrons. The van der Waals surface area contributed by atoms with E-state index in [-0.39, 0.29) is 5.91 Å². The van der Waals surface area contributed by atoms with Crippen molar-refractivity contribution in [1.29, 1.82) is 0 Å². The van der Waals surface area contributed by atoms with Crippen LogP contribution in [0, 0.1) is 0 Å². The number of thioether (sulfide) groups is 1. The van der Waals surface area contributed by atoms with Crippen molar-refractivity contribution in [2.24, 2.45) is 4.99 Å². The van der Waals surface area contributed by atoms with Crippen LogP contribution in [-0.2, 0) is 9.59 Å². The van der Waals surface area contributed by atoms with Gasteiger partial charge in [0, 0.05) is 11.4 Å². The van der Waals surface area contributed by atoms with Crippen LogP contribution in [0.15, 0.2) is 75.0 Å². The summed E-state index contributed by atoms with van der Waals surface area (Å²) < 4.78 is 2.39. The molecule has 0 saturated heterocycles. The minimum atomic E-state index is -0.833. The van der Waals surface area contributed by atoms with Crippen LogP contribution in [0.2, 0.25) is 0 Å². The summed E-state index contributed by atoms with van der Waals surface area (Å²) in [6, 6.07) is 20.5. The van der Waals surface area contributed by atoms with Crippen LogP contribution in [0.4, 0.5) is 5.69 Å². The number of nitrogens with one attached hydrogen (secondary N) is 1. The van der Waals surface area contributed by atoms with E-state index in [0.29, 0.717) is 10.1 Å². The van der Waals surface area contributed by atoms with Gasteiger partial charge in [0.25, 0.3) is 5.97 Å². The molecule has 0 saturated carbocycles. The van der Waals surface area contributed by atoms with Crippen LogP contribution in [0.5, 0.6) is 0 Å². The van der Waals surface area contributed by atoms with E-state index in [0.717, 1.165) is 61.4 Å². The van der Waals surface area contributed by atoms with E-state index in [1.54, 1.807) is 0 Å². The normalized spacial score (nSPS) is 14.3. The molecule has 2 N–H and O–H groups in total. The third kappa shape index (κ3) is 6.55. The van der Waals surface area contributed by atoms with E-state index in [1.807, 2.05) is 30.3 Å². The summed E-state index contributed by atoms with van der Waals surface area (Å²) in [5.74, 6) is -1.03. The Morgan fingerprint density at radius 1 is 1.10 bits per heavy atom. The van der Waals surface area contributed by atoms with E-state index in [1.165, 1.54) is 14.6 Å². The van der Waals surface area contributed by atoms with Gasteiger partial charge in [-0.1, -0.05) is 22.0 Å². The fraction of sp³-hybridized carbons (Fsp3) is 0.0455. The molecular formula is C22H16BrN2NaO3S. The van der Waals surface area contributed by atoms with Gasteiger partial charge in [-0.3, -0.25) is 4.79 Å². The van der Waals surface area contributed by atoms with E-state index >= 15 is 0 Å². The van der Waals surface area contributed by atoms with E-state index < -0.39 is 5.97 Å². The van der Waals surface area contributed by atoms with Gasteiger partial charge in [0.05, 0.1) is 0 Å². The summed E-state index contributed by atoms with van der Waals surface area (Å²) in [7, 11) is 0. The fourth-order valence-electron chi connectivity index (χ4n) is 2.70. The van der Waals surface area contributed by atoms with Crippen molar-refractivity contribution < 1.29 is 14.7 Å². The van der Waals surface area contributed by atoms with Gasteiger partial charge in [-0.15, -0.1) is 0 Å². The number of benzene rings is 3. The van der Waals surface area contributed by atoms with Gasteiger partial charge in [0.15, 0.2) is 0 Å². The Morgan fingerprint density at radius 2 is 1.73 bits per heavy atom. The zero-order chi connectivity index (χ0) is 21.7. The van der Waals surface area contributed by atoms with Gasteiger partial charge in [0.2, 0.25) is 0 Å². The first-order valence-corrected chi connectivity index (χ1v) is 11.7. The number of fused-ring (bicyclic) bond motifs is 1. The molecule has 3 aromatic carbocycles. The van der Waals surface area contributed by atoms with Gasteiger partial charge in [-0.2, -0.15) is 0 Å². The van der Waals surface area contributed by atoms with Crippen LogP contribution < -0.4 is 8.13 Å². The Hall–Kier alpha value is -1.90.